The summed E-state index contributed by atoms with van der Waals surface area (Å²) in [6.45, 7) is 8.65. The van der Waals surface area contributed by atoms with Gasteiger partial charge in [0.05, 0.1) is 18.2 Å². The lowest BCUT2D eigenvalue weighted by atomic mass is 9.96. The average Bonchev–Trinajstić information content (AvgIpc) is 3.21. The molecule has 0 spiro atoms. The fourth-order valence-corrected chi connectivity index (χ4v) is 4.97. The van der Waals surface area contributed by atoms with Crippen LogP contribution in [0.3, 0.4) is 0 Å². The van der Waals surface area contributed by atoms with E-state index in [0.717, 1.165) is 23.3 Å². The zero-order valence-electron chi connectivity index (χ0n) is 19.7. The summed E-state index contributed by atoms with van der Waals surface area (Å²) in [7, 11) is 0. The Hall–Kier alpha value is -2.70. The number of thiophene rings is 1. The SMILES string of the molecule is CCOC(=O)c1cc(Cc2ccccc2)sc1NC(=S)NC(C)c1ccc(C(C)CC)cc1. The molecule has 0 radical (unpaired) electrons. The van der Waals surface area contributed by atoms with E-state index in [1.54, 1.807) is 0 Å². The number of anilines is 1. The van der Waals surface area contributed by atoms with E-state index in [1.165, 1.54) is 22.5 Å². The molecule has 2 aromatic carbocycles. The fourth-order valence-electron chi connectivity index (χ4n) is 3.55. The molecule has 1 aromatic heterocycles. The molecule has 2 N–H and O–H groups in total. The van der Waals surface area contributed by atoms with Gasteiger partial charge in [-0.2, -0.15) is 0 Å². The van der Waals surface area contributed by atoms with Crippen LogP contribution in [0.25, 0.3) is 0 Å². The van der Waals surface area contributed by atoms with Crippen molar-refractivity contribution in [3.8, 4) is 0 Å². The molecule has 0 bridgehead atoms. The number of hydrogen-bond donors (Lipinski definition) is 2. The summed E-state index contributed by atoms with van der Waals surface area (Å²) in [6, 6.07) is 20.8. The number of nitrogens with one attached hydrogen (secondary N) is 2. The lowest BCUT2D eigenvalue weighted by molar-refractivity contribution is 0.0528. The molecular weight excluding hydrogens is 448 g/mol. The first kappa shape index (κ1) is 24.9. The molecule has 3 aromatic rings. The Labute approximate surface area is 206 Å². The van der Waals surface area contributed by atoms with E-state index >= 15 is 0 Å². The molecular formula is C27H32N2O2S2. The van der Waals surface area contributed by atoms with Gasteiger partial charge in [0.25, 0.3) is 0 Å². The molecule has 4 nitrogen and oxygen atoms in total. The van der Waals surface area contributed by atoms with Crippen molar-refractivity contribution >= 4 is 39.6 Å². The number of hydrogen-bond acceptors (Lipinski definition) is 4. The number of benzene rings is 2. The van der Waals surface area contributed by atoms with E-state index in [9.17, 15) is 4.79 Å². The van der Waals surface area contributed by atoms with Crippen molar-refractivity contribution in [2.45, 2.75) is 52.5 Å². The topological polar surface area (TPSA) is 50.4 Å². The van der Waals surface area contributed by atoms with Gasteiger partial charge in [0.1, 0.15) is 5.00 Å². The number of carbonyl (C=O) groups is 1. The Morgan fingerprint density at radius 1 is 1.03 bits per heavy atom. The van der Waals surface area contributed by atoms with Crippen LogP contribution in [0.2, 0.25) is 0 Å². The van der Waals surface area contributed by atoms with Crippen molar-refractivity contribution < 1.29 is 9.53 Å². The molecule has 0 amide bonds. The maximum absolute atomic E-state index is 12.5. The van der Waals surface area contributed by atoms with Gasteiger partial charge in [0.15, 0.2) is 5.11 Å². The van der Waals surface area contributed by atoms with Crippen LogP contribution in [0.5, 0.6) is 0 Å². The summed E-state index contributed by atoms with van der Waals surface area (Å²) in [6.07, 6.45) is 1.87. The van der Waals surface area contributed by atoms with Crippen molar-refractivity contribution in [2.24, 2.45) is 0 Å². The van der Waals surface area contributed by atoms with Gasteiger partial charge < -0.3 is 15.4 Å². The molecule has 0 saturated heterocycles. The average molecular weight is 481 g/mol. The number of rotatable bonds is 9. The Kier molecular flexibility index (Phi) is 9.03. The molecule has 0 aliphatic carbocycles. The molecule has 0 saturated carbocycles. The zero-order chi connectivity index (χ0) is 23.8. The molecule has 0 aliphatic rings. The largest absolute Gasteiger partial charge is 0.462 e. The Balaban J connectivity index is 1.71. The third kappa shape index (κ3) is 6.89. The first-order chi connectivity index (χ1) is 15.9. The quantitative estimate of drug-likeness (QED) is 0.253. The lowest BCUT2D eigenvalue weighted by Gasteiger charge is -2.18. The van der Waals surface area contributed by atoms with Crippen LogP contribution in [-0.2, 0) is 11.2 Å². The highest BCUT2D eigenvalue weighted by Gasteiger charge is 2.19. The van der Waals surface area contributed by atoms with Gasteiger partial charge in [0.2, 0.25) is 0 Å². The van der Waals surface area contributed by atoms with Gasteiger partial charge in [-0.25, -0.2) is 4.79 Å². The van der Waals surface area contributed by atoms with E-state index < -0.39 is 0 Å². The Morgan fingerprint density at radius 2 is 1.70 bits per heavy atom. The van der Waals surface area contributed by atoms with Crippen LogP contribution in [0.4, 0.5) is 5.00 Å². The normalized spacial score (nSPS) is 12.6. The van der Waals surface area contributed by atoms with Gasteiger partial charge in [-0.3, -0.25) is 0 Å². The lowest BCUT2D eigenvalue weighted by Crippen LogP contribution is -2.31. The van der Waals surface area contributed by atoms with Gasteiger partial charge in [-0.1, -0.05) is 68.4 Å². The third-order valence-electron chi connectivity index (χ3n) is 5.69. The van der Waals surface area contributed by atoms with Crippen LogP contribution in [0, 0.1) is 0 Å². The fraction of sp³-hybridized carbons (Fsp3) is 0.333. The summed E-state index contributed by atoms with van der Waals surface area (Å²) in [5.74, 6) is 0.210. The molecule has 0 aliphatic heterocycles. The number of carbonyl (C=O) groups excluding carboxylic acids is 1. The molecule has 1 heterocycles. The summed E-state index contributed by atoms with van der Waals surface area (Å²) in [5, 5.41) is 7.76. The molecule has 2 unspecified atom stereocenters. The maximum atomic E-state index is 12.5. The highest BCUT2D eigenvalue weighted by molar-refractivity contribution is 7.80. The van der Waals surface area contributed by atoms with E-state index in [2.05, 4.69) is 67.8 Å². The highest BCUT2D eigenvalue weighted by atomic mass is 32.1. The van der Waals surface area contributed by atoms with Gasteiger partial charge in [-0.05, 0) is 61.2 Å². The number of thiocarbonyl (C=S) groups is 1. The Morgan fingerprint density at radius 3 is 2.33 bits per heavy atom. The first-order valence-corrected chi connectivity index (χ1v) is 12.6. The van der Waals surface area contributed by atoms with Gasteiger partial charge in [-0.15, -0.1) is 11.3 Å². The highest BCUT2D eigenvalue weighted by Crippen LogP contribution is 2.31. The predicted molar refractivity (Wildman–Crippen MR) is 142 cm³/mol. The molecule has 174 valence electrons. The summed E-state index contributed by atoms with van der Waals surface area (Å²) in [4.78, 5) is 13.6. The summed E-state index contributed by atoms with van der Waals surface area (Å²) >= 11 is 7.11. The minimum atomic E-state index is -0.341. The second-order valence-electron chi connectivity index (χ2n) is 8.13. The van der Waals surface area contributed by atoms with Crippen LogP contribution in [-0.4, -0.2) is 17.7 Å². The predicted octanol–water partition coefficient (Wildman–Crippen LogP) is 7.08. The smallest absolute Gasteiger partial charge is 0.341 e. The standard InChI is InChI=1S/C27H32N2O2S2/c1-5-18(3)21-12-14-22(15-13-21)19(4)28-27(32)29-25-24(26(30)31-6-2)17-23(33-25)16-20-10-8-7-9-11-20/h7-15,17-19H,5-6,16H2,1-4H3,(H2,28,29,32). The van der Waals surface area contributed by atoms with Gasteiger partial charge in [0, 0.05) is 11.3 Å². The van der Waals surface area contributed by atoms with Crippen molar-refractivity contribution in [3.05, 3.63) is 87.8 Å². The van der Waals surface area contributed by atoms with Crippen LogP contribution >= 0.6 is 23.6 Å². The number of ether oxygens (including phenoxy) is 1. The molecule has 33 heavy (non-hydrogen) atoms. The van der Waals surface area contributed by atoms with Crippen molar-refractivity contribution in [1.29, 1.82) is 0 Å². The van der Waals surface area contributed by atoms with Gasteiger partial charge >= 0.3 is 5.97 Å². The maximum Gasteiger partial charge on any atom is 0.341 e. The zero-order valence-corrected chi connectivity index (χ0v) is 21.3. The van der Waals surface area contributed by atoms with Crippen molar-refractivity contribution in [3.63, 3.8) is 0 Å². The molecule has 0 fully saturated rings. The second-order valence-corrected chi connectivity index (χ2v) is 9.68. The van der Waals surface area contributed by atoms with Crippen LogP contribution in [0.15, 0.2) is 60.7 Å². The monoisotopic (exact) mass is 480 g/mol. The minimum Gasteiger partial charge on any atom is -0.462 e. The van der Waals surface area contributed by atoms with E-state index in [0.29, 0.717) is 28.2 Å². The van der Waals surface area contributed by atoms with Crippen molar-refractivity contribution in [1.82, 2.24) is 5.32 Å². The minimum absolute atomic E-state index is 0.0331. The van der Waals surface area contributed by atoms with E-state index in [4.69, 9.17) is 17.0 Å². The molecule has 2 atom stereocenters. The van der Waals surface area contributed by atoms with E-state index in [-0.39, 0.29) is 12.0 Å². The third-order valence-corrected chi connectivity index (χ3v) is 6.96. The van der Waals surface area contributed by atoms with Crippen LogP contribution in [0.1, 0.15) is 78.0 Å². The first-order valence-electron chi connectivity index (χ1n) is 11.4. The summed E-state index contributed by atoms with van der Waals surface area (Å²) in [5.41, 5.74) is 4.21. The molecule has 3 rings (SSSR count). The van der Waals surface area contributed by atoms with Crippen molar-refractivity contribution in [2.75, 3.05) is 11.9 Å². The summed E-state index contributed by atoms with van der Waals surface area (Å²) < 4.78 is 5.27. The number of esters is 1. The van der Waals surface area contributed by atoms with Crippen LogP contribution < -0.4 is 10.6 Å². The molecule has 6 heteroatoms. The van der Waals surface area contributed by atoms with E-state index in [1.807, 2.05) is 31.2 Å². The Bertz CT molecular complexity index is 1060. The second kappa shape index (κ2) is 12.0.